The summed E-state index contributed by atoms with van der Waals surface area (Å²) in [4.78, 5) is 0. The molecule has 0 spiro atoms. The molecule has 0 unspecified atom stereocenters. The van der Waals surface area contributed by atoms with Crippen LogP contribution in [-0.4, -0.2) is 0 Å². The molecule has 0 saturated heterocycles. The van der Waals surface area contributed by atoms with Gasteiger partial charge in [-0.25, -0.2) is 0 Å². The van der Waals surface area contributed by atoms with Crippen molar-refractivity contribution in [3.05, 3.63) is 29.2 Å². The van der Waals surface area contributed by atoms with Gasteiger partial charge in [0.25, 0.3) is 0 Å². The highest BCUT2D eigenvalue weighted by Gasteiger charge is 2.19. The lowest BCUT2D eigenvalue weighted by Gasteiger charge is -2.12. The summed E-state index contributed by atoms with van der Waals surface area (Å²) in [5.41, 5.74) is 4.85. The number of rotatable bonds is 2. The van der Waals surface area contributed by atoms with Crippen LogP contribution in [0.2, 0.25) is 0 Å². The van der Waals surface area contributed by atoms with Gasteiger partial charge in [-0.15, -0.1) is 0 Å². The molecule has 13 heavy (non-hydrogen) atoms. The molecular weight excluding hydrogens is 156 g/mol. The van der Waals surface area contributed by atoms with E-state index in [9.17, 15) is 0 Å². The fourth-order valence-corrected chi connectivity index (χ4v) is 2.36. The molecule has 2 aliphatic rings. The lowest BCUT2D eigenvalue weighted by molar-refractivity contribution is 0.646. The number of hydrogen-bond acceptors (Lipinski definition) is 0. The molecular formula is C13H19. The first-order valence-corrected chi connectivity index (χ1v) is 5.53. The van der Waals surface area contributed by atoms with Gasteiger partial charge < -0.3 is 0 Å². The Morgan fingerprint density at radius 1 is 1.15 bits per heavy atom. The van der Waals surface area contributed by atoms with Crippen LogP contribution in [0.3, 0.4) is 0 Å². The Hall–Kier alpha value is -0.520. The summed E-state index contributed by atoms with van der Waals surface area (Å²) >= 11 is 0. The Morgan fingerprint density at radius 2 is 1.85 bits per heavy atom. The van der Waals surface area contributed by atoms with Crippen molar-refractivity contribution in [3.63, 3.8) is 0 Å². The van der Waals surface area contributed by atoms with Crippen molar-refractivity contribution in [3.8, 4) is 0 Å². The molecule has 0 N–H and O–H groups in total. The first-order valence-electron chi connectivity index (χ1n) is 5.53. The van der Waals surface area contributed by atoms with Crippen LogP contribution in [0.25, 0.3) is 0 Å². The van der Waals surface area contributed by atoms with Crippen molar-refractivity contribution in [2.24, 2.45) is 5.92 Å². The molecule has 0 aromatic carbocycles. The van der Waals surface area contributed by atoms with E-state index in [1.807, 2.05) is 0 Å². The third-order valence-corrected chi connectivity index (χ3v) is 2.92. The molecule has 0 aromatic heterocycles. The Bertz CT molecular complexity index is 253. The largest absolute Gasteiger partial charge is 0.0625 e. The third kappa shape index (κ3) is 2.04. The van der Waals surface area contributed by atoms with Crippen LogP contribution < -0.4 is 0 Å². The zero-order chi connectivity index (χ0) is 9.26. The Balaban J connectivity index is 2.00. The van der Waals surface area contributed by atoms with E-state index in [1.54, 1.807) is 16.7 Å². The highest BCUT2D eigenvalue weighted by Crippen LogP contribution is 2.37. The van der Waals surface area contributed by atoms with E-state index < -0.39 is 0 Å². The summed E-state index contributed by atoms with van der Waals surface area (Å²) in [6.07, 6.45) is 11.6. The Morgan fingerprint density at radius 3 is 2.46 bits per heavy atom. The minimum atomic E-state index is 0.795. The standard InChI is InChI=1S/C13H19/c1-10(2)7-11-8-12-5-3-4-6-13(12)9-11/h8-10H,3-7H2,1-2H3. The Kier molecular flexibility index (Phi) is 2.57. The van der Waals surface area contributed by atoms with Crippen molar-refractivity contribution in [1.82, 2.24) is 0 Å². The molecule has 2 aliphatic carbocycles. The summed E-state index contributed by atoms with van der Waals surface area (Å²) in [5.74, 6) is 0.795. The summed E-state index contributed by atoms with van der Waals surface area (Å²) in [7, 11) is 0. The van der Waals surface area contributed by atoms with Gasteiger partial charge >= 0.3 is 0 Å². The van der Waals surface area contributed by atoms with Gasteiger partial charge in [0.15, 0.2) is 0 Å². The second-order valence-corrected chi connectivity index (χ2v) is 4.72. The molecule has 0 atom stereocenters. The molecule has 0 aromatic rings. The zero-order valence-electron chi connectivity index (χ0n) is 8.77. The van der Waals surface area contributed by atoms with Crippen molar-refractivity contribution in [1.29, 1.82) is 0 Å². The molecule has 0 saturated carbocycles. The highest BCUT2D eigenvalue weighted by molar-refractivity contribution is 5.48. The molecule has 0 nitrogen and oxygen atoms in total. The maximum Gasteiger partial charge on any atom is 0.0119 e. The monoisotopic (exact) mass is 175 g/mol. The molecule has 1 radical (unpaired) electrons. The fraction of sp³-hybridized carbons (Fsp3) is 0.615. The predicted octanol–water partition coefficient (Wildman–Crippen LogP) is 4.05. The normalized spacial score (nSPS) is 22.2. The second kappa shape index (κ2) is 3.69. The first-order chi connectivity index (χ1) is 6.25. The number of allylic oxidation sites excluding steroid dienone is 4. The van der Waals surface area contributed by atoms with E-state index in [-0.39, 0.29) is 0 Å². The van der Waals surface area contributed by atoms with Gasteiger partial charge in [0, 0.05) is 6.42 Å². The van der Waals surface area contributed by atoms with Gasteiger partial charge in [0.2, 0.25) is 0 Å². The summed E-state index contributed by atoms with van der Waals surface area (Å²) in [6, 6.07) is 0. The van der Waals surface area contributed by atoms with E-state index in [1.165, 1.54) is 32.1 Å². The summed E-state index contributed by atoms with van der Waals surface area (Å²) in [6.45, 7) is 4.60. The van der Waals surface area contributed by atoms with Gasteiger partial charge in [-0.05, 0) is 43.6 Å². The smallest absolute Gasteiger partial charge is 0.0119 e. The molecule has 0 aliphatic heterocycles. The Labute approximate surface area is 81.7 Å². The fourth-order valence-electron chi connectivity index (χ4n) is 2.36. The van der Waals surface area contributed by atoms with Crippen LogP contribution in [0, 0.1) is 12.3 Å². The minimum absolute atomic E-state index is 0.795. The van der Waals surface area contributed by atoms with Crippen LogP contribution in [0.15, 0.2) is 22.8 Å². The second-order valence-electron chi connectivity index (χ2n) is 4.72. The molecule has 2 rings (SSSR count). The number of hydrogen-bond donors (Lipinski definition) is 0. The van der Waals surface area contributed by atoms with E-state index in [2.05, 4.69) is 26.3 Å². The van der Waals surface area contributed by atoms with E-state index >= 15 is 0 Å². The van der Waals surface area contributed by atoms with Gasteiger partial charge in [-0.1, -0.05) is 31.1 Å². The zero-order valence-corrected chi connectivity index (χ0v) is 8.77. The highest BCUT2D eigenvalue weighted by atomic mass is 14.2. The van der Waals surface area contributed by atoms with Crippen molar-refractivity contribution in [2.45, 2.75) is 46.0 Å². The average Bonchev–Trinajstić information content (AvgIpc) is 2.44. The lowest BCUT2D eigenvalue weighted by Crippen LogP contribution is -1.94. The van der Waals surface area contributed by atoms with E-state index in [4.69, 9.17) is 0 Å². The molecule has 0 amide bonds. The lowest BCUT2D eigenvalue weighted by atomic mass is 9.93. The summed E-state index contributed by atoms with van der Waals surface area (Å²) < 4.78 is 0. The topological polar surface area (TPSA) is 0 Å². The molecule has 0 fully saturated rings. The molecule has 0 heterocycles. The van der Waals surface area contributed by atoms with Crippen LogP contribution >= 0.6 is 0 Å². The van der Waals surface area contributed by atoms with Gasteiger partial charge in [0.05, 0.1) is 0 Å². The van der Waals surface area contributed by atoms with Crippen molar-refractivity contribution >= 4 is 0 Å². The van der Waals surface area contributed by atoms with Crippen LogP contribution in [-0.2, 0) is 0 Å². The quantitative estimate of drug-likeness (QED) is 0.594. The van der Waals surface area contributed by atoms with Gasteiger partial charge in [-0.3, -0.25) is 0 Å². The molecule has 0 heteroatoms. The van der Waals surface area contributed by atoms with Crippen LogP contribution in [0.1, 0.15) is 46.0 Å². The molecule has 0 bridgehead atoms. The van der Waals surface area contributed by atoms with Crippen molar-refractivity contribution in [2.75, 3.05) is 0 Å². The minimum Gasteiger partial charge on any atom is -0.0625 e. The van der Waals surface area contributed by atoms with Crippen molar-refractivity contribution < 1.29 is 0 Å². The van der Waals surface area contributed by atoms with E-state index in [0.29, 0.717) is 0 Å². The molecule has 71 valence electrons. The van der Waals surface area contributed by atoms with E-state index in [0.717, 1.165) is 5.92 Å². The average molecular weight is 175 g/mol. The SMILES string of the molecule is CC(C)CC1=CC2=C([CH]1)CCCC2. The predicted molar refractivity (Wildman–Crippen MR) is 57.3 cm³/mol. The third-order valence-electron chi connectivity index (χ3n) is 2.92. The van der Waals surface area contributed by atoms with Gasteiger partial charge in [0.1, 0.15) is 0 Å². The van der Waals surface area contributed by atoms with Gasteiger partial charge in [-0.2, -0.15) is 0 Å². The maximum absolute atomic E-state index is 2.44. The first kappa shape index (κ1) is 9.05. The summed E-state index contributed by atoms with van der Waals surface area (Å²) in [5, 5.41) is 0. The van der Waals surface area contributed by atoms with Crippen LogP contribution in [0.4, 0.5) is 0 Å². The maximum atomic E-state index is 2.44. The van der Waals surface area contributed by atoms with Crippen LogP contribution in [0.5, 0.6) is 0 Å².